The van der Waals surface area contributed by atoms with Crippen molar-refractivity contribution in [3.63, 3.8) is 0 Å². The van der Waals surface area contributed by atoms with Gasteiger partial charge in [-0.25, -0.2) is 0 Å². The Bertz CT molecular complexity index is 891. The molecule has 0 aromatic heterocycles. The molecular formula is C23H17N2. The molecule has 0 aliphatic heterocycles. The molecule has 0 fully saturated rings. The van der Waals surface area contributed by atoms with Crippen LogP contribution in [-0.2, 0) is 0 Å². The lowest BCUT2D eigenvalue weighted by Crippen LogP contribution is -1.92. The van der Waals surface area contributed by atoms with Gasteiger partial charge in [0, 0.05) is 0 Å². The predicted molar refractivity (Wildman–Crippen MR) is 99.7 cm³/mol. The second kappa shape index (κ2) is 7.04. The van der Waals surface area contributed by atoms with Gasteiger partial charge in [0.25, 0.3) is 0 Å². The topological polar surface area (TPSA) is 47.6 Å². The van der Waals surface area contributed by atoms with E-state index in [1.807, 2.05) is 48.5 Å². The van der Waals surface area contributed by atoms with Gasteiger partial charge in [-0.05, 0) is 64.1 Å². The Morgan fingerprint density at radius 3 is 1.44 bits per heavy atom. The van der Waals surface area contributed by atoms with Crippen LogP contribution in [0.1, 0.15) is 36.5 Å². The van der Waals surface area contributed by atoms with Crippen molar-refractivity contribution in [3.8, 4) is 34.4 Å². The van der Waals surface area contributed by atoms with E-state index in [2.05, 4.69) is 44.2 Å². The molecule has 0 saturated carbocycles. The lowest BCUT2D eigenvalue weighted by Gasteiger charge is -2.12. The fourth-order valence-corrected chi connectivity index (χ4v) is 2.69. The van der Waals surface area contributed by atoms with Gasteiger partial charge in [-0.1, -0.05) is 50.2 Å². The molecule has 0 N–H and O–H groups in total. The number of benzene rings is 3. The molecule has 0 aliphatic rings. The highest BCUT2D eigenvalue weighted by Gasteiger charge is 2.09. The SMILES string of the molecule is CC(C)c1cc(-c2ccc(C#N)cc2)[c]c(-c2ccc(C#N)cc2)c1. The van der Waals surface area contributed by atoms with E-state index in [0.717, 1.165) is 22.3 Å². The first kappa shape index (κ1) is 16.5. The zero-order chi connectivity index (χ0) is 17.8. The Morgan fingerprint density at radius 1 is 0.720 bits per heavy atom. The van der Waals surface area contributed by atoms with E-state index in [1.54, 1.807) is 0 Å². The summed E-state index contributed by atoms with van der Waals surface area (Å²) >= 11 is 0. The first-order chi connectivity index (χ1) is 12.1. The van der Waals surface area contributed by atoms with E-state index in [0.29, 0.717) is 17.0 Å². The maximum atomic E-state index is 8.97. The summed E-state index contributed by atoms with van der Waals surface area (Å²) in [5.74, 6) is 0.392. The van der Waals surface area contributed by atoms with Crippen LogP contribution in [0.15, 0.2) is 60.7 Å². The molecule has 1 radical (unpaired) electrons. The van der Waals surface area contributed by atoms with Crippen molar-refractivity contribution in [2.75, 3.05) is 0 Å². The van der Waals surface area contributed by atoms with Crippen LogP contribution < -0.4 is 0 Å². The summed E-state index contributed by atoms with van der Waals surface area (Å²) < 4.78 is 0. The minimum Gasteiger partial charge on any atom is -0.192 e. The minimum atomic E-state index is 0.392. The van der Waals surface area contributed by atoms with E-state index in [1.165, 1.54) is 5.56 Å². The molecule has 3 rings (SSSR count). The molecule has 0 amide bonds. The lowest BCUT2D eigenvalue weighted by atomic mass is 9.91. The average molecular weight is 321 g/mol. The van der Waals surface area contributed by atoms with Crippen LogP contribution in [0.2, 0.25) is 0 Å². The number of nitrogens with zero attached hydrogens (tertiary/aromatic N) is 2. The average Bonchev–Trinajstić information content (AvgIpc) is 2.67. The van der Waals surface area contributed by atoms with Crippen LogP contribution in [0.3, 0.4) is 0 Å². The molecule has 0 spiro atoms. The van der Waals surface area contributed by atoms with Gasteiger partial charge in [0.1, 0.15) is 0 Å². The summed E-state index contributed by atoms with van der Waals surface area (Å²) in [6.07, 6.45) is 0. The summed E-state index contributed by atoms with van der Waals surface area (Å²) in [5.41, 5.74) is 6.63. The Balaban J connectivity index is 2.11. The highest BCUT2D eigenvalue weighted by atomic mass is 14.2. The second-order valence-corrected chi connectivity index (χ2v) is 6.27. The van der Waals surface area contributed by atoms with Crippen molar-refractivity contribution in [2.45, 2.75) is 19.8 Å². The van der Waals surface area contributed by atoms with Gasteiger partial charge in [-0.2, -0.15) is 10.5 Å². The molecule has 3 aromatic carbocycles. The first-order valence-electron chi connectivity index (χ1n) is 8.19. The van der Waals surface area contributed by atoms with Crippen LogP contribution >= 0.6 is 0 Å². The van der Waals surface area contributed by atoms with Crippen LogP contribution in [-0.4, -0.2) is 0 Å². The fourth-order valence-electron chi connectivity index (χ4n) is 2.69. The van der Waals surface area contributed by atoms with E-state index in [4.69, 9.17) is 10.5 Å². The lowest BCUT2D eigenvalue weighted by molar-refractivity contribution is 0.867. The van der Waals surface area contributed by atoms with Crippen molar-refractivity contribution in [2.24, 2.45) is 0 Å². The predicted octanol–water partition coefficient (Wildman–Crippen LogP) is 5.69. The van der Waals surface area contributed by atoms with Gasteiger partial charge in [-0.3, -0.25) is 0 Å². The van der Waals surface area contributed by atoms with E-state index < -0.39 is 0 Å². The van der Waals surface area contributed by atoms with Crippen LogP contribution in [0.25, 0.3) is 22.3 Å². The molecule has 0 aliphatic carbocycles. The van der Waals surface area contributed by atoms with Crippen molar-refractivity contribution >= 4 is 0 Å². The summed E-state index contributed by atoms with van der Waals surface area (Å²) in [6, 6.07) is 27.2. The smallest absolute Gasteiger partial charge is 0.0991 e. The van der Waals surface area contributed by atoms with E-state index in [-0.39, 0.29) is 0 Å². The molecule has 0 atom stereocenters. The zero-order valence-electron chi connectivity index (χ0n) is 14.2. The number of nitriles is 2. The minimum absolute atomic E-state index is 0.392. The Labute approximate surface area is 148 Å². The molecule has 119 valence electrons. The Morgan fingerprint density at radius 2 is 1.12 bits per heavy atom. The number of hydrogen-bond acceptors (Lipinski definition) is 2. The summed E-state index contributed by atoms with van der Waals surface area (Å²) in [7, 11) is 0. The molecule has 0 saturated heterocycles. The van der Waals surface area contributed by atoms with Crippen LogP contribution in [0, 0.1) is 28.7 Å². The number of hydrogen-bond donors (Lipinski definition) is 0. The molecule has 25 heavy (non-hydrogen) atoms. The van der Waals surface area contributed by atoms with Gasteiger partial charge in [-0.15, -0.1) is 0 Å². The Kier molecular flexibility index (Phi) is 4.64. The van der Waals surface area contributed by atoms with Gasteiger partial charge >= 0.3 is 0 Å². The van der Waals surface area contributed by atoms with E-state index >= 15 is 0 Å². The zero-order valence-corrected chi connectivity index (χ0v) is 14.2. The highest BCUT2D eigenvalue weighted by molar-refractivity contribution is 5.74. The molecule has 0 unspecified atom stereocenters. The van der Waals surface area contributed by atoms with Crippen molar-refractivity contribution < 1.29 is 0 Å². The molecule has 2 nitrogen and oxygen atoms in total. The quantitative estimate of drug-likeness (QED) is 0.622. The highest BCUT2D eigenvalue weighted by Crippen LogP contribution is 2.30. The summed E-state index contributed by atoms with van der Waals surface area (Å²) in [5, 5.41) is 17.9. The maximum Gasteiger partial charge on any atom is 0.0991 e. The molecular weight excluding hydrogens is 304 g/mol. The normalized spacial score (nSPS) is 10.3. The van der Waals surface area contributed by atoms with E-state index in [9.17, 15) is 0 Å². The standard InChI is InChI=1S/C23H17N2/c1-16(2)21-11-22(19-7-3-17(14-24)4-8-19)13-23(12-21)20-9-5-18(15-25)6-10-20/h3-12,16H,1-2H3. The third-order valence-corrected chi connectivity index (χ3v) is 4.21. The van der Waals surface area contributed by atoms with Gasteiger partial charge in [0.15, 0.2) is 0 Å². The van der Waals surface area contributed by atoms with Crippen molar-refractivity contribution in [3.05, 3.63) is 83.4 Å². The van der Waals surface area contributed by atoms with Crippen LogP contribution in [0.4, 0.5) is 0 Å². The Hall–Kier alpha value is -3.36. The van der Waals surface area contributed by atoms with Gasteiger partial charge in [0.2, 0.25) is 0 Å². The summed E-state index contributed by atoms with van der Waals surface area (Å²) in [6.45, 7) is 4.33. The first-order valence-corrected chi connectivity index (χ1v) is 8.19. The maximum absolute atomic E-state index is 8.97. The second-order valence-electron chi connectivity index (χ2n) is 6.27. The largest absolute Gasteiger partial charge is 0.192 e. The molecule has 3 aromatic rings. The van der Waals surface area contributed by atoms with Gasteiger partial charge < -0.3 is 0 Å². The van der Waals surface area contributed by atoms with Crippen molar-refractivity contribution in [1.29, 1.82) is 10.5 Å². The van der Waals surface area contributed by atoms with Crippen LogP contribution in [0.5, 0.6) is 0 Å². The van der Waals surface area contributed by atoms with Crippen molar-refractivity contribution in [1.82, 2.24) is 0 Å². The monoisotopic (exact) mass is 321 g/mol. The summed E-state index contributed by atoms with van der Waals surface area (Å²) in [4.78, 5) is 0. The molecule has 0 heterocycles. The third kappa shape index (κ3) is 3.60. The fraction of sp³-hybridized carbons (Fsp3) is 0.130. The molecule has 0 bridgehead atoms. The van der Waals surface area contributed by atoms with Gasteiger partial charge in [0.05, 0.1) is 23.3 Å². The molecule has 2 heteroatoms. The number of rotatable bonds is 3. The third-order valence-electron chi connectivity index (χ3n) is 4.21.